The molecule has 0 spiro atoms. The molecule has 1 amide bonds. The summed E-state index contributed by atoms with van der Waals surface area (Å²) in [5.41, 5.74) is 3.21. The topological polar surface area (TPSA) is 94.0 Å². The van der Waals surface area contributed by atoms with E-state index in [0.29, 0.717) is 21.6 Å². The van der Waals surface area contributed by atoms with Crippen molar-refractivity contribution in [3.05, 3.63) is 94.8 Å². The van der Waals surface area contributed by atoms with Crippen LogP contribution >= 0.6 is 23.4 Å². The number of aromatic nitrogens is 3. The summed E-state index contributed by atoms with van der Waals surface area (Å²) in [7, 11) is -3.65. The quantitative estimate of drug-likeness (QED) is 0.315. The Morgan fingerprint density at radius 3 is 2.40 bits per heavy atom. The summed E-state index contributed by atoms with van der Waals surface area (Å²) in [6, 6.07) is 21.2. The number of hydrogen-bond donors (Lipinski definition) is 1. The first kappa shape index (κ1) is 25.0. The van der Waals surface area contributed by atoms with Crippen molar-refractivity contribution in [3.8, 4) is 5.69 Å². The molecule has 0 saturated heterocycles. The van der Waals surface area contributed by atoms with Gasteiger partial charge in [0.2, 0.25) is 5.91 Å². The molecule has 7 nitrogen and oxygen atoms in total. The van der Waals surface area contributed by atoms with Crippen molar-refractivity contribution >= 4 is 44.8 Å². The fourth-order valence-electron chi connectivity index (χ4n) is 3.41. The van der Waals surface area contributed by atoms with Crippen LogP contribution in [-0.4, -0.2) is 34.8 Å². The standard InChI is InChI=1S/C25H23ClN4O3S2/c1-17-8-11-21(12-9-17)35(32,33)16-23-28-29-25(30(23)20-6-4-3-5-7-20)34-15-24(31)27-22-13-10-19(26)14-18(22)2/h3-14H,15-16H2,1-2H3,(H,27,31). The second-order valence-corrected chi connectivity index (χ2v) is 11.3. The van der Waals surface area contributed by atoms with Gasteiger partial charge >= 0.3 is 0 Å². The smallest absolute Gasteiger partial charge is 0.234 e. The van der Waals surface area contributed by atoms with E-state index in [1.165, 1.54) is 11.8 Å². The summed E-state index contributed by atoms with van der Waals surface area (Å²) in [6.07, 6.45) is 0. The molecule has 1 N–H and O–H groups in total. The maximum absolute atomic E-state index is 13.1. The van der Waals surface area contributed by atoms with Gasteiger partial charge in [0.25, 0.3) is 0 Å². The number of anilines is 1. The Morgan fingerprint density at radius 1 is 1.00 bits per heavy atom. The molecule has 0 aliphatic rings. The zero-order valence-corrected chi connectivity index (χ0v) is 21.5. The number of amides is 1. The molecule has 180 valence electrons. The molecule has 0 unspecified atom stereocenters. The van der Waals surface area contributed by atoms with Crippen LogP contribution < -0.4 is 5.32 Å². The van der Waals surface area contributed by atoms with E-state index in [4.69, 9.17) is 11.6 Å². The molecule has 4 aromatic rings. The van der Waals surface area contributed by atoms with Crippen LogP contribution in [0.25, 0.3) is 5.69 Å². The van der Waals surface area contributed by atoms with Crippen LogP contribution in [0, 0.1) is 13.8 Å². The van der Waals surface area contributed by atoms with Crippen LogP contribution in [0.2, 0.25) is 5.02 Å². The Bertz CT molecular complexity index is 1450. The van der Waals surface area contributed by atoms with Crippen molar-refractivity contribution < 1.29 is 13.2 Å². The molecule has 3 aromatic carbocycles. The van der Waals surface area contributed by atoms with Gasteiger partial charge in [-0.1, -0.05) is 59.3 Å². The third-order valence-corrected chi connectivity index (χ3v) is 8.00. The largest absolute Gasteiger partial charge is 0.325 e. The number of thioether (sulfide) groups is 1. The van der Waals surface area contributed by atoms with Gasteiger partial charge in [-0.2, -0.15) is 0 Å². The average Bonchev–Trinajstić information content (AvgIpc) is 3.22. The number of carbonyl (C=O) groups excluding carboxylic acids is 1. The third kappa shape index (κ3) is 6.11. The van der Waals surface area contributed by atoms with E-state index in [1.54, 1.807) is 47.0 Å². The fraction of sp³-hybridized carbons (Fsp3) is 0.160. The number of nitrogens with zero attached hydrogens (tertiary/aromatic N) is 3. The first-order valence-corrected chi connectivity index (χ1v) is 13.7. The Hall–Kier alpha value is -3.14. The van der Waals surface area contributed by atoms with Gasteiger partial charge in [-0.15, -0.1) is 10.2 Å². The molecule has 10 heteroatoms. The van der Waals surface area contributed by atoms with Crippen molar-refractivity contribution in [1.82, 2.24) is 14.8 Å². The molecule has 0 aliphatic carbocycles. The van der Waals surface area contributed by atoms with Gasteiger partial charge in [-0.3, -0.25) is 9.36 Å². The minimum atomic E-state index is -3.65. The van der Waals surface area contributed by atoms with E-state index in [2.05, 4.69) is 15.5 Å². The molecule has 0 bridgehead atoms. The van der Waals surface area contributed by atoms with Crippen LogP contribution in [-0.2, 0) is 20.4 Å². The second kappa shape index (κ2) is 10.6. The normalized spacial score (nSPS) is 11.4. The molecular formula is C25H23ClN4O3S2. The van der Waals surface area contributed by atoms with E-state index in [9.17, 15) is 13.2 Å². The molecule has 35 heavy (non-hydrogen) atoms. The van der Waals surface area contributed by atoms with Gasteiger partial charge in [-0.05, 0) is 61.9 Å². The monoisotopic (exact) mass is 526 g/mol. The highest BCUT2D eigenvalue weighted by molar-refractivity contribution is 7.99. The SMILES string of the molecule is Cc1ccc(S(=O)(=O)Cc2nnc(SCC(=O)Nc3ccc(Cl)cc3C)n2-c2ccccc2)cc1. The predicted molar refractivity (Wildman–Crippen MR) is 139 cm³/mol. The molecule has 0 aliphatic heterocycles. The number of nitrogens with one attached hydrogen (secondary N) is 1. The van der Waals surface area contributed by atoms with Gasteiger partial charge in [0.1, 0.15) is 5.75 Å². The van der Waals surface area contributed by atoms with Gasteiger partial charge < -0.3 is 5.32 Å². The summed E-state index contributed by atoms with van der Waals surface area (Å²) in [5.74, 6) is -0.211. The minimum absolute atomic E-state index is 0.0672. The van der Waals surface area contributed by atoms with E-state index in [-0.39, 0.29) is 28.1 Å². The predicted octanol–water partition coefficient (Wildman–Crippen LogP) is 5.24. The molecular weight excluding hydrogens is 504 g/mol. The van der Waals surface area contributed by atoms with Gasteiger partial charge in [0.15, 0.2) is 20.8 Å². The lowest BCUT2D eigenvalue weighted by Crippen LogP contribution is -2.15. The van der Waals surface area contributed by atoms with E-state index < -0.39 is 9.84 Å². The third-order valence-electron chi connectivity index (χ3n) is 5.21. The number of aryl methyl sites for hydroxylation is 2. The summed E-state index contributed by atoms with van der Waals surface area (Å²) >= 11 is 7.17. The molecule has 0 atom stereocenters. The average molecular weight is 527 g/mol. The van der Waals surface area contributed by atoms with E-state index in [0.717, 1.165) is 11.1 Å². The van der Waals surface area contributed by atoms with Crippen molar-refractivity contribution in [1.29, 1.82) is 0 Å². The van der Waals surface area contributed by atoms with Crippen LogP contribution in [0.15, 0.2) is 82.8 Å². The van der Waals surface area contributed by atoms with Gasteiger partial charge in [0, 0.05) is 16.4 Å². The second-order valence-electron chi connectivity index (χ2n) is 7.94. The van der Waals surface area contributed by atoms with Crippen LogP contribution in [0.1, 0.15) is 17.0 Å². The number of carbonyl (C=O) groups is 1. The summed E-state index contributed by atoms with van der Waals surface area (Å²) in [5, 5.41) is 12.3. The molecule has 4 rings (SSSR count). The number of benzene rings is 3. The van der Waals surface area contributed by atoms with E-state index in [1.807, 2.05) is 44.2 Å². The minimum Gasteiger partial charge on any atom is -0.325 e. The molecule has 0 fully saturated rings. The van der Waals surface area contributed by atoms with Crippen LogP contribution in [0.5, 0.6) is 0 Å². The summed E-state index contributed by atoms with van der Waals surface area (Å²) in [6.45, 7) is 3.76. The van der Waals surface area contributed by atoms with Crippen LogP contribution in [0.3, 0.4) is 0 Å². The number of para-hydroxylation sites is 1. The lowest BCUT2D eigenvalue weighted by Gasteiger charge is -2.11. The number of hydrogen-bond acceptors (Lipinski definition) is 6. The van der Waals surface area contributed by atoms with Gasteiger partial charge in [0.05, 0.1) is 10.6 Å². The lowest BCUT2D eigenvalue weighted by molar-refractivity contribution is -0.113. The highest BCUT2D eigenvalue weighted by Crippen LogP contribution is 2.26. The Labute approximate surface area is 213 Å². The molecule has 0 saturated carbocycles. The van der Waals surface area contributed by atoms with Crippen molar-refractivity contribution in [2.45, 2.75) is 29.7 Å². The molecule has 0 radical (unpaired) electrons. The molecule has 1 aromatic heterocycles. The maximum atomic E-state index is 13.1. The zero-order chi connectivity index (χ0) is 25.0. The Kier molecular flexibility index (Phi) is 7.59. The summed E-state index contributed by atoms with van der Waals surface area (Å²) < 4.78 is 27.8. The first-order valence-electron chi connectivity index (χ1n) is 10.7. The highest BCUT2D eigenvalue weighted by atomic mass is 35.5. The maximum Gasteiger partial charge on any atom is 0.234 e. The number of halogens is 1. The Balaban J connectivity index is 1.57. The van der Waals surface area contributed by atoms with E-state index >= 15 is 0 Å². The first-order chi connectivity index (χ1) is 16.7. The van der Waals surface area contributed by atoms with Crippen LogP contribution in [0.4, 0.5) is 5.69 Å². The Morgan fingerprint density at radius 2 is 1.71 bits per heavy atom. The highest BCUT2D eigenvalue weighted by Gasteiger charge is 2.23. The van der Waals surface area contributed by atoms with Crippen molar-refractivity contribution in [3.63, 3.8) is 0 Å². The summed E-state index contributed by atoms with van der Waals surface area (Å²) in [4.78, 5) is 12.8. The van der Waals surface area contributed by atoms with Crippen molar-refractivity contribution in [2.24, 2.45) is 0 Å². The van der Waals surface area contributed by atoms with Crippen molar-refractivity contribution in [2.75, 3.05) is 11.1 Å². The fourth-order valence-corrected chi connectivity index (χ4v) is 5.65. The lowest BCUT2D eigenvalue weighted by atomic mass is 10.2. The number of rotatable bonds is 8. The zero-order valence-electron chi connectivity index (χ0n) is 19.1. The molecule has 1 heterocycles. The van der Waals surface area contributed by atoms with Gasteiger partial charge in [-0.25, -0.2) is 8.42 Å². The number of sulfone groups is 1.